The molecule has 0 radical (unpaired) electrons. The Morgan fingerprint density at radius 3 is 3.07 bits per heavy atom. The fourth-order valence-electron chi connectivity index (χ4n) is 4.27. The Kier molecular flexibility index (Phi) is 4.91. The second-order valence-electron chi connectivity index (χ2n) is 7.68. The highest BCUT2D eigenvalue weighted by molar-refractivity contribution is 8.14. The van der Waals surface area contributed by atoms with Crippen LogP contribution >= 0.6 is 11.8 Å². The smallest absolute Gasteiger partial charge is 0.234 e. The number of nitrogens with zero attached hydrogens (tertiary/aromatic N) is 3. The number of furan rings is 1. The van der Waals surface area contributed by atoms with Crippen LogP contribution in [0.4, 0.5) is 0 Å². The molecule has 1 saturated heterocycles. The first-order valence-corrected chi connectivity index (χ1v) is 11.0. The molecule has 0 spiro atoms. The molecule has 8 nitrogen and oxygen atoms in total. The zero-order valence-electron chi connectivity index (χ0n) is 15.9. The van der Waals surface area contributed by atoms with Gasteiger partial charge in [0.25, 0.3) is 0 Å². The fraction of sp³-hybridized carbons (Fsp3) is 0.500. The van der Waals surface area contributed by atoms with Gasteiger partial charge in [-0.1, -0.05) is 29.8 Å². The normalized spacial score (nSPS) is 26.1. The molecule has 1 N–H and O–H groups in total. The van der Waals surface area contributed by atoms with Crippen LogP contribution in [0.25, 0.3) is 11.5 Å². The molecule has 9 heteroatoms. The van der Waals surface area contributed by atoms with Crippen LogP contribution in [0, 0.1) is 5.92 Å². The number of rotatable bonds is 5. The minimum atomic E-state index is -0.134. The number of nitrogens with one attached hydrogen (secondary N) is 1. The summed E-state index contributed by atoms with van der Waals surface area (Å²) in [7, 11) is 0. The molecule has 152 valence electrons. The quantitative estimate of drug-likeness (QED) is 0.807. The van der Waals surface area contributed by atoms with Crippen molar-refractivity contribution < 1.29 is 18.5 Å². The molecule has 4 heterocycles. The van der Waals surface area contributed by atoms with Crippen molar-refractivity contribution in [1.29, 1.82) is 0 Å². The van der Waals surface area contributed by atoms with E-state index in [2.05, 4.69) is 10.5 Å². The predicted molar refractivity (Wildman–Crippen MR) is 107 cm³/mol. The maximum atomic E-state index is 13.0. The molecule has 2 fully saturated rings. The van der Waals surface area contributed by atoms with E-state index in [0.29, 0.717) is 23.0 Å². The summed E-state index contributed by atoms with van der Waals surface area (Å²) in [5.74, 6) is 1.86. The van der Waals surface area contributed by atoms with Gasteiger partial charge in [0.15, 0.2) is 10.9 Å². The van der Waals surface area contributed by atoms with Gasteiger partial charge in [0.2, 0.25) is 17.6 Å². The number of carbonyl (C=O) groups is 2. The third-order valence-electron chi connectivity index (χ3n) is 5.75. The Bertz CT molecular complexity index is 938. The zero-order chi connectivity index (χ0) is 19.8. The van der Waals surface area contributed by atoms with Gasteiger partial charge in [-0.2, -0.15) is 0 Å². The van der Waals surface area contributed by atoms with E-state index in [1.165, 1.54) is 0 Å². The van der Waals surface area contributed by atoms with Crippen molar-refractivity contribution in [3.05, 3.63) is 30.2 Å². The maximum Gasteiger partial charge on any atom is 0.234 e. The number of aliphatic imine (C=N–C) groups is 1. The van der Waals surface area contributed by atoms with Gasteiger partial charge in [-0.15, -0.1) is 0 Å². The SMILES string of the molecule is O=C(CC1CSC2=NC3CCCCC3C(=O)N21)NCc1cc(-c2ccco2)on1. The van der Waals surface area contributed by atoms with Gasteiger partial charge in [-0.3, -0.25) is 19.5 Å². The summed E-state index contributed by atoms with van der Waals surface area (Å²) in [5.41, 5.74) is 0.617. The van der Waals surface area contributed by atoms with E-state index < -0.39 is 0 Å². The van der Waals surface area contributed by atoms with Gasteiger partial charge in [0.1, 0.15) is 5.69 Å². The van der Waals surface area contributed by atoms with E-state index in [1.54, 1.807) is 41.1 Å². The number of amides is 2. The lowest BCUT2D eigenvalue weighted by Crippen LogP contribution is -2.51. The van der Waals surface area contributed by atoms with Crippen molar-refractivity contribution in [3.8, 4) is 11.5 Å². The molecule has 1 saturated carbocycles. The summed E-state index contributed by atoms with van der Waals surface area (Å²) in [6.45, 7) is 0.266. The number of hydrogen-bond acceptors (Lipinski definition) is 7. The first kappa shape index (κ1) is 18.5. The highest BCUT2D eigenvalue weighted by Crippen LogP contribution is 2.38. The van der Waals surface area contributed by atoms with Crippen molar-refractivity contribution >= 4 is 28.7 Å². The van der Waals surface area contributed by atoms with Gasteiger partial charge in [-0.25, -0.2) is 0 Å². The lowest BCUT2D eigenvalue weighted by atomic mass is 9.83. The number of thioether (sulfide) groups is 1. The number of carbonyl (C=O) groups excluding carboxylic acids is 2. The molecule has 2 amide bonds. The summed E-state index contributed by atoms with van der Waals surface area (Å²) in [4.78, 5) is 32.1. The molecule has 1 aliphatic carbocycles. The minimum absolute atomic E-state index is 0.00749. The van der Waals surface area contributed by atoms with Gasteiger partial charge in [0, 0.05) is 18.2 Å². The van der Waals surface area contributed by atoms with Crippen LogP contribution in [-0.2, 0) is 16.1 Å². The van der Waals surface area contributed by atoms with Crippen LogP contribution in [0.5, 0.6) is 0 Å². The van der Waals surface area contributed by atoms with Crippen LogP contribution in [0.1, 0.15) is 37.8 Å². The third kappa shape index (κ3) is 3.59. The second kappa shape index (κ2) is 7.70. The lowest BCUT2D eigenvalue weighted by molar-refractivity contribution is -0.135. The topological polar surface area (TPSA) is 101 Å². The molecule has 0 aromatic carbocycles. The summed E-state index contributed by atoms with van der Waals surface area (Å²) in [6.07, 6.45) is 5.96. The maximum absolute atomic E-state index is 13.0. The van der Waals surface area contributed by atoms with Crippen LogP contribution in [-0.4, -0.2) is 44.9 Å². The third-order valence-corrected chi connectivity index (χ3v) is 6.86. The lowest BCUT2D eigenvalue weighted by Gasteiger charge is -2.37. The van der Waals surface area contributed by atoms with Crippen molar-refractivity contribution in [2.24, 2.45) is 10.9 Å². The summed E-state index contributed by atoms with van der Waals surface area (Å²) in [5, 5.41) is 7.63. The average Bonchev–Trinajstić information content (AvgIpc) is 3.48. The van der Waals surface area contributed by atoms with E-state index >= 15 is 0 Å². The fourth-order valence-corrected chi connectivity index (χ4v) is 5.47. The molecule has 3 aliphatic rings. The predicted octanol–water partition coefficient (Wildman–Crippen LogP) is 2.81. The van der Waals surface area contributed by atoms with Crippen LogP contribution in [0.3, 0.4) is 0 Å². The Hall–Kier alpha value is -2.55. The molecule has 29 heavy (non-hydrogen) atoms. The van der Waals surface area contributed by atoms with E-state index in [-0.39, 0.29) is 42.8 Å². The van der Waals surface area contributed by atoms with E-state index in [1.807, 2.05) is 0 Å². The van der Waals surface area contributed by atoms with E-state index in [9.17, 15) is 9.59 Å². The van der Waals surface area contributed by atoms with Gasteiger partial charge in [-0.05, 0) is 25.0 Å². The molecule has 2 aromatic rings. The highest BCUT2D eigenvalue weighted by atomic mass is 32.2. The Balaban J connectivity index is 1.19. The van der Waals surface area contributed by atoms with Gasteiger partial charge in [0.05, 0.1) is 30.8 Å². The molecule has 2 aromatic heterocycles. The van der Waals surface area contributed by atoms with E-state index in [4.69, 9.17) is 13.9 Å². The Morgan fingerprint density at radius 2 is 2.21 bits per heavy atom. The first-order chi connectivity index (χ1) is 14.2. The molecule has 0 bridgehead atoms. The van der Waals surface area contributed by atoms with Crippen molar-refractivity contribution in [2.45, 2.75) is 50.7 Å². The number of fused-ring (bicyclic) bond motifs is 2. The summed E-state index contributed by atoms with van der Waals surface area (Å²) in [6, 6.07) is 5.30. The van der Waals surface area contributed by atoms with Gasteiger partial charge >= 0.3 is 0 Å². The second-order valence-corrected chi connectivity index (χ2v) is 8.67. The minimum Gasteiger partial charge on any atom is -0.461 e. The molecule has 3 atom stereocenters. The molecular formula is C20H22N4O4S. The first-order valence-electron chi connectivity index (χ1n) is 9.99. The number of amidine groups is 1. The zero-order valence-corrected chi connectivity index (χ0v) is 16.7. The van der Waals surface area contributed by atoms with Crippen molar-refractivity contribution in [3.63, 3.8) is 0 Å². The molecule has 2 aliphatic heterocycles. The van der Waals surface area contributed by atoms with Crippen LogP contribution < -0.4 is 5.32 Å². The van der Waals surface area contributed by atoms with E-state index in [0.717, 1.165) is 30.9 Å². The molecule has 3 unspecified atom stereocenters. The molecule has 5 rings (SSSR count). The summed E-state index contributed by atoms with van der Waals surface area (Å²) >= 11 is 1.59. The number of hydrogen-bond donors (Lipinski definition) is 1. The number of aromatic nitrogens is 1. The standard InChI is InChI=1S/C20H22N4O4S/c25-18(21-10-12-8-17(28-23-12)16-6-3-7-27-16)9-13-11-29-20-22-15-5-2-1-4-14(15)19(26)24(13)20/h3,6-8,13-15H,1-2,4-5,9-11H2,(H,21,25). The van der Waals surface area contributed by atoms with Crippen molar-refractivity contribution in [1.82, 2.24) is 15.4 Å². The monoisotopic (exact) mass is 414 g/mol. The van der Waals surface area contributed by atoms with Crippen molar-refractivity contribution in [2.75, 3.05) is 5.75 Å². The Labute approximate surface area is 172 Å². The highest BCUT2D eigenvalue weighted by Gasteiger charge is 2.45. The van der Waals surface area contributed by atoms with Gasteiger partial charge < -0.3 is 14.3 Å². The Morgan fingerprint density at radius 1 is 1.31 bits per heavy atom. The average molecular weight is 414 g/mol. The summed E-state index contributed by atoms with van der Waals surface area (Å²) < 4.78 is 10.5. The van der Waals surface area contributed by atoms with Crippen LogP contribution in [0.2, 0.25) is 0 Å². The molecular weight excluding hydrogens is 392 g/mol. The largest absolute Gasteiger partial charge is 0.461 e. The van der Waals surface area contributed by atoms with Crippen LogP contribution in [0.15, 0.2) is 38.4 Å².